The summed E-state index contributed by atoms with van der Waals surface area (Å²) in [7, 11) is 0. The molecule has 1 aromatic rings. The third-order valence-electron chi connectivity index (χ3n) is 2.74. The summed E-state index contributed by atoms with van der Waals surface area (Å²) >= 11 is 5.79. The number of halogens is 1. The molecule has 0 saturated carbocycles. The molecule has 0 bridgehead atoms. The molecule has 1 aliphatic rings. The van der Waals surface area contributed by atoms with E-state index in [1.807, 2.05) is 18.2 Å². The Labute approximate surface area is 105 Å². The van der Waals surface area contributed by atoms with Crippen LogP contribution in [0.2, 0.25) is 5.02 Å². The Bertz CT molecular complexity index is 447. The highest BCUT2D eigenvalue weighted by atomic mass is 35.5. The smallest absolute Gasteiger partial charge is 0.249 e. The first-order valence-electron chi connectivity index (χ1n) is 5.47. The van der Waals surface area contributed by atoms with Crippen molar-refractivity contribution in [2.75, 3.05) is 13.1 Å². The second-order valence-electron chi connectivity index (χ2n) is 4.24. The van der Waals surface area contributed by atoms with Gasteiger partial charge < -0.3 is 10.0 Å². The molecule has 1 saturated heterocycles. The molecule has 1 fully saturated rings. The van der Waals surface area contributed by atoms with Gasteiger partial charge in [0.1, 0.15) is 0 Å². The van der Waals surface area contributed by atoms with Crippen LogP contribution in [0.3, 0.4) is 0 Å². The number of carbonyl (C=O) groups is 1. The molecule has 1 aromatic carbocycles. The number of hydrogen-bond acceptors (Lipinski definition) is 2. The van der Waals surface area contributed by atoms with E-state index in [9.17, 15) is 4.79 Å². The number of carbonyl (C=O) groups excluding carboxylic acids is 1. The summed E-state index contributed by atoms with van der Waals surface area (Å²) in [4.78, 5) is 13.5. The summed E-state index contributed by atoms with van der Waals surface area (Å²) in [6.07, 6.45) is 1.46. The summed E-state index contributed by atoms with van der Waals surface area (Å²) in [6, 6.07) is 7.31. The zero-order chi connectivity index (χ0) is 12.4. The van der Waals surface area contributed by atoms with Crippen molar-refractivity contribution in [1.82, 2.24) is 4.90 Å². The molecule has 0 aliphatic carbocycles. The highest BCUT2D eigenvalue weighted by Gasteiger charge is 2.29. The minimum absolute atomic E-state index is 0.0229. The SMILES string of the molecule is C/C(=C/c1ccc(Cl)cc1)C(=O)N1CC(O)C1. The maximum Gasteiger partial charge on any atom is 0.249 e. The molecule has 1 aliphatic heterocycles. The number of nitrogens with zero attached hydrogens (tertiary/aromatic N) is 1. The van der Waals surface area contributed by atoms with Crippen molar-refractivity contribution in [3.63, 3.8) is 0 Å². The van der Waals surface area contributed by atoms with Crippen LogP contribution in [0, 0.1) is 0 Å². The quantitative estimate of drug-likeness (QED) is 0.817. The van der Waals surface area contributed by atoms with Crippen molar-refractivity contribution in [3.8, 4) is 0 Å². The summed E-state index contributed by atoms with van der Waals surface area (Å²) < 4.78 is 0. The number of aliphatic hydroxyl groups is 1. The Morgan fingerprint density at radius 3 is 2.53 bits per heavy atom. The highest BCUT2D eigenvalue weighted by molar-refractivity contribution is 6.30. The van der Waals surface area contributed by atoms with E-state index >= 15 is 0 Å². The molecular formula is C13H14ClNO2. The zero-order valence-electron chi connectivity index (χ0n) is 9.56. The molecule has 2 rings (SSSR count). The monoisotopic (exact) mass is 251 g/mol. The molecular weight excluding hydrogens is 238 g/mol. The maximum absolute atomic E-state index is 11.9. The summed E-state index contributed by atoms with van der Waals surface area (Å²) in [5, 5.41) is 9.82. The third-order valence-corrected chi connectivity index (χ3v) is 2.99. The summed E-state index contributed by atoms with van der Waals surface area (Å²) in [6.45, 7) is 2.65. The molecule has 0 spiro atoms. The van der Waals surface area contributed by atoms with Crippen molar-refractivity contribution >= 4 is 23.6 Å². The second kappa shape index (κ2) is 4.90. The standard InChI is InChI=1S/C13H14ClNO2/c1-9(13(17)15-7-12(16)8-15)6-10-2-4-11(14)5-3-10/h2-6,12,16H,7-8H2,1H3/b9-6-. The average Bonchev–Trinajstić information content (AvgIpc) is 2.27. The summed E-state index contributed by atoms with van der Waals surface area (Å²) in [5.41, 5.74) is 1.61. The van der Waals surface area contributed by atoms with Crippen LogP contribution >= 0.6 is 11.6 Å². The van der Waals surface area contributed by atoms with Gasteiger partial charge in [0.2, 0.25) is 5.91 Å². The van der Waals surface area contributed by atoms with Gasteiger partial charge in [0.15, 0.2) is 0 Å². The first-order valence-corrected chi connectivity index (χ1v) is 5.85. The maximum atomic E-state index is 11.9. The Morgan fingerprint density at radius 1 is 1.41 bits per heavy atom. The Hall–Kier alpha value is -1.32. The van der Waals surface area contributed by atoms with Gasteiger partial charge in [-0.1, -0.05) is 23.7 Å². The molecule has 0 unspecified atom stereocenters. The van der Waals surface area contributed by atoms with E-state index in [-0.39, 0.29) is 12.0 Å². The van der Waals surface area contributed by atoms with Crippen molar-refractivity contribution in [1.29, 1.82) is 0 Å². The molecule has 17 heavy (non-hydrogen) atoms. The van der Waals surface area contributed by atoms with Crippen LogP contribution in [0.1, 0.15) is 12.5 Å². The topological polar surface area (TPSA) is 40.5 Å². The fourth-order valence-electron chi connectivity index (χ4n) is 1.74. The van der Waals surface area contributed by atoms with Gasteiger partial charge in [0, 0.05) is 23.7 Å². The largest absolute Gasteiger partial charge is 0.389 e. The molecule has 0 radical (unpaired) electrons. The number of rotatable bonds is 2. The van der Waals surface area contributed by atoms with Crippen LogP contribution in [0.5, 0.6) is 0 Å². The van der Waals surface area contributed by atoms with Crippen LogP contribution in [0.25, 0.3) is 6.08 Å². The minimum Gasteiger partial charge on any atom is -0.389 e. The Kier molecular flexibility index (Phi) is 3.50. The second-order valence-corrected chi connectivity index (χ2v) is 4.68. The van der Waals surface area contributed by atoms with E-state index in [2.05, 4.69) is 0 Å². The predicted octanol–water partition coefficient (Wildman–Crippen LogP) is 1.95. The zero-order valence-corrected chi connectivity index (χ0v) is 10.3. The van der Waals surface area contributed by atoms with E-state index in [0.717, 1.165) is 5.56 Å². The normalized spacial score (nSPS) is 16.9. The first kappa shape index (κ1) is 12.1. The minimum atomic E-state index is -0.359. The van der Waals surface area contributed by atoms with E-state index < -0.39 is 0 Å². The van der Waals surface area contributed by atoms with Gasteiger partial charge in [-0.2, -0.15) is 0 Å². The predicted molar refractivity (Wildman–Crippen MR) is 67.7 cm³/mol. The number of aliphatic hydroxyl groups excluding tert-OH is 1. The first-order chi connectivity index (χ1) is 8.06. The van der Waals surface area contributed by atoms with Gasteiger partial charge in [0.05, 0.1) is 6.10 Å². The number of amides is 1. The average molecular weight is 252 g/mol. The number of β-amino-alcohol motifs (C(OH)–C–C–N with tert-alkyl or cyclic N) is 1. The molecule has 1 heterocycles. The van der Waals surface area contributed by atoms with Crippen molar-refractivity contribution in [2.24, 2.45) is 0 Å². The molecule has 3 nitrogen and oxygen atoms in total. The molecule has 4 heteroatoms. The number of hydrogen-bond donors (Lipinski definition) is 1. The lowest BCUT2D eigenvalue weighted by atomic mass is 10.1. The van der Waals surface area contributed by atoms with Crippen LogP contribution in [0.15, 0.2) is 29.8 Å². The van der Waals surface area contributed by atoms with E-state index in [1.165, 1.54) is 0 Å². The van der Waals surface area contributed by atoms with Gasteiger partial charge >= 0.3 is 0 Å². The fourth-order valence-corrected chi connectivity index (χ4v) is 1.87. The lowest BCUT2D eigenvalue weighted by Crippen LogP contribution is -2.53. The number of likely N-dealkylation sites (tertiary alicyclic amines) is 1. The van der Waals surface area contributed by atoms with Crippen LogP contribution in [0.4, 0.5) is 0 Å². The Balaban J connectivity index is 2.06. The molecule has 1 N–H and O–H groups in total. The molecule has 0 atom stereocenters. The van der Waals surface area contributed by atoms with E-state index in [4.69, 9.17) is 16.7 Å². The van der Waals surface area contributed by atoms with Gasteiger partial charge in [0.25, 0.3) is 0 Å². The highest BCUT2D eigenvalue weighted by Crippen LogP contribution is 2.16. The lowest BCUT2D eigenvalue weighted by molar-refractivity contribution is -0.136. The van der Waals surface area contributed by atoms with Crippen LogP contribution < -0.4 is 0 Å². The van der Waals surface area contributed by atoms with Gasteiger partial charge in [-0.3, -0.25) is 4.79 Å². The van der Waals surface area contributed by atoms with Crippen molar-refractivity contribution in [3.05, 3.63) is 40.4 Å². The van der Waals surface area contributed by atoms with Crippen molar-refractivity contribution in [2.45, 2.75) is 13.0 Å². The lowest BCUT2D eigenvalue weighted by Gasteiger charge is -2.36. The van der Waals surface area contributed by atoms with E-state index in [0.29, 0.717) is 23.7 Å². The molecule has 90 valence electrons. The fraction of sp³-hybridized carbons (Fsp3) is 0.308. The van der Waals surface area contributed by atoms with Gasteiger partial charge in [-0.05, 0) is 30.7 Å². The number of benzene rings is 1. The van der Waals surface area contributed by atoms with Crippen LogP contribution in [-0.4, -0.2) is 35.1 Å². The van der Waals surface area contributed by atoms with Gasteiger partial charge in [-0.25, -0.2) is 0 Å². The van der Waals surface area contributed by atoms with E-state index in [1.54, 1.807) is 24.0 Å². The van der Waals surface area contributed by atoms with Crippen molar-refractivity contribution < 1.29 is 9.90 Å². The third kappa shape index (κ3) is 2.87. The van der Waals surface area contributed by atoms with Crippen LogP contribution in [-0.2, 0) is 4.79 Å². The Morgan fingerprint density at radius 2 is 2.00 bits per heavy atom. The van der Waals surface area contributed by atoms with Gasteiger partial charge in [-0.15, -0.1) is 0 Å². The molecule has 1 amide bonds. The summed E-state index contributed by atoms with van der Waals surface area (Å²) in [5.74, 6) is -0.0229. The molecule has 0 aromatic heterocycles.